The molecule has 3 rings (SSSR count). The molecule has 0 bridgehead atoms. The zero-order valence-corrected chi connectivity index (χ0v) is 17.8. The van der Waals surface area contributed by atoms with E-state index in [1.54, 1.807) is 24.3 Å². The lowest BCUT2D eigenvalue weighted by Gasteiger charge is -2.09. The number of amides is 1. The predicted molar refractivity (Wildman–Crippen MR) is 113 cm³/mol. The van der Waals surface area contributed by atoms with E-state index in [1.165, 1.54) is 18.3 Å². The van der Waals surface area contributed by atoms with Crippen molar-refractivity contribution in [3.8, 4) is 0 Å². The zero-order valence-electron chi connectivity index (χ0n) is 16.1. The summed E-state index contributed by atoms with van der Waals surface area (Å²) >= 11 is 5.83. The number of pyridine rings is 1. The monoisotopic (exact) mass is 468 g/mol. The molecule has 31 heavy (non-hydrogen) atoms. The minimum absolute atomic E-state index is 0.00468. The molecule has 0 aliphatic rings. The number of nitrogens with one attached hydrogen (secondary N) is 2. The molecular weight excluding hydrogens is 450 g/mol. The molecular formula is C20H19ClFN2O6P. The Morgan fingerprint density at radius 1 is 1.19 bits per heavy atom. The highest BCUT2D eigenvalue weighted by Gasteiger charge is 2.16. The number of fused-ring (bicyclic) bond motifs is 1. The summed E-state index contributed by atoms with van der Waals surface area (Å²) < 4.78 is 29.5. The number of benzene rings is 2. The second-order valence-electron chi connectivity index (χ2n) is 6.77. The topological polar surface area (TPSA) is 129 Å². The minimum Gasteiger partial charge on any atom is -0.358 e. The highest BCUT2D eigenvalue weighted by atomic mass is 35.5. The molecule has 1 heterocycles. The maximum absolute atomic E-state index is 14.4. The molecule has 4 N–H and O–H groups in total. The van der Waals surface area contributed by atoms with Gasteiger partial charge in [-0.3, -0.25) is 14.1 Å². The number of aromatic nitrogens is 1. The summed E-state index contributed by atoms with van der Waals surface area (Å²) in [5.41, 5.74) is 0.399. The summed E-state index contributed by atoms with van der Waals surface area (Å²) in [6.45, 7) is -0.0467. The number of rotatable bonds is 8. The van der Waals surface area contributed by atoms with Crippen molar-refractivity contribution < 1.29 is 28.1 Å². The number of phosphoric ester groups is 1. The first-order valence-corrected chi connectivity index (χ1v) is 11.1. The average Bonchev–Trinajstić information content (AvgIpc) is 2.71. The fourth-order valence-corrected chi connectivity index (χ4v) is 3.49. The van der Waals surface area contributed by atoms with E-state index < -0.39 is 25.0 Å². The molecule has 1 amide bonds. The average molecular weight is 469 g/mol. The van der Waals surface area contributed by atoms with Crippen molar-refractivity contribution in [3.63, 3.8) is 0 Å². The third-order valence-electron chi connectivity index (χ3n) is 4.48. The van der Waals surface area contributed by atoms with Gasteiger partial charge in [0.2, 0.25) is 5.43 Å². The summed E-state index contributed by atoms with van der Waals surface area (Å²) in [5.74, 6) is -1.28. The number of carbonyl (C=O) groups is 1. The molecule has 0 radical (unpaired) electrons. The fourth-order valence-electron chi connectivity index (χ4n) is 3.00. The number of hydrogen-bond donors (Lipinski definition) is 4. The molecule has 0 atom stereocenters. The van der Waals surface area contributed by atoms with Gasteiger partial charge in [0.05, 0.1) is 12.1 Å². The van der Waals surface area contributed by atoms with E-state index >= 15 is 0 Å². The summed E-state index contributed by atoms with van der Waals surface area (Å²) in [6, 6.07) is 9.51. The van der Waals surface area contributed by atoms with Crippen LogP contribution < -0.4 is 10.7 Å². The van der Waals surface area contributed by atoms with E-state index in [-0.39, 0.29) is 42.5 Å². The first kappa shape index (κ1) is 23.1. The molecule has 0 fully saturated rings. The van der Waals surface area contributed by atoms with Crippen LogP contribution in [0.5, 0.6) is 0 Å². The van der Waals surface area contributed by atoms with Gasteiger partial charge in [-0.15, -0.1) is 0 Å². The molecule has 3 aromatic rings. The Labute approximate surface area is 181 Å². The maximum atomic E-state index is 14.4. The van der Waals surface area contributed by atoms with Crippen molar-refractivity contribution in [2.75, 3.05) is 6.61 Å². The Morgan fingerprint density at radius 3 is 2.58 bits per heavy atom. The predicted octanol–water partition coefficient (Wildman–Crippen LogP) is 3.29. The second kappa shape index (κ2) is 9.72. The van der Waals surface area contributed by atoms with Crippen LogP contribution in [-0.2, 0) is 22.1 Å². The fraction of sp³-hybridized carbons (Fsp3) is 0.200. The first-order valence-electron chi connectivity index (χ1n) is 9.20. The van der Waals surface area contributed by atoms with E-state index in [2.05, 4.69) is 14.8 Å². The molecule has 11 heteroatoms. The van der Waals surface area contributed by atoms with E-state index in [0.29, 0.717) is 10.6 Å². The van der Waals surface area contributed by atoms with Crippen LogP contribution in [0.4, 0.5) is 4.39 Å². The maximum Gasteiger partial charge on any atom is 0.469 e. The van der Waals surface area contributed by atoms with Gasteiger partial charge in [-0.2, -0.15) is 0 Å². The van der Waals surface area contributed by atoms with Gasteiger partial charge in [0, 0.05) is 23.2 Å². The molecule has 0 aliphatic heterocycles. The van der Waals surface area contributed by atoms with E-state index in [0.717, 1.165) is 5.56 Å². The van der Waals surface area contributed by atoms with Crippen molar-refractivity contribution in [2.45, 2.75) is 19.4 Å². The van der Waals surface area contributed by atoms with Crippen LogP contribution in [-0.4, -0.2) is 27.3 Å². The number of halogens is 2. The molecule has 1 aromatic heterocycles. The van der Waals surface area contributed by atoms with E-state index in [9.17, 15) is 18.5 Å². The number of phosphoric acid groups is 1. The lowest BCUT2D eigenvalue weighted by Crippen LogP contribution is -2.28. The van der Waals surface area contributed by atoms with Crippen LogP contribution in [0.3, 0.4) is 0 Å². The smallest absolute Gasteiger partial charge is 0.358 e. The van der Waals surface area contributed by atoms with Crippen LogP contribution >= 0.6 is 19.4 Å². The zero-order chi connectivity index (χ0) is 22.6. The largest absolute Gasteiger partial charge is 0.469 e. The van der Waals surface area contributed by atoms with Crippen LogP contribution in [0, 0.1) is 5.82 Å². The van der Waals surface area contributed by atoms with Crippen molar-refractivity contribution in [1.29, 1.82) is 0 Å². The van der Waals surface area contributed by atoms with E-state index in [4.69, 9.17) is 21.4 Å². The number of aromatic amines is 1. The Balaban J connectivity index is 1.77. The standard InChI is InChI=1S/C20H19ClFN2O6P/c21-14-5-3-12(4-6-14)10-24-20(26)16-11-23-18-15(19(16)25)8-13(9-17(18)22)2-1-7-30-31(27,28)29/h3-6,8-9,11H,1-2,7,10H2,(H,23,25)(H,24,26)(H2,27,28,29). The van der Waals surface area contributed by atoms with Gasteiger partial charge < -0.3 is 20.1 Å². The highest BCUT2D eigenvalue weighted by Crippen LogP contribution is 2.35. The summed E-state index contributed by atoms with van der Waals surface area (Å²) in [4.78, 5) is 45.3. The second-order valence-corrected chi connectivity index (χ2v) is 8.44. The Hall–Kier alpha value is -2.55. The molecule has 0 unspecified atom stereocenters. The van der Waals surface area contributed by atoms with Gasteiger partial charge in [-0.1, -0.05) is 23.7 Å². The highest BCUT2D eigenvalue weighted by molar-refractivity contribution is 7.46. The van der Waals surface area contributed by atoms with Crippen LogP contribution in [0.25, 0.3) is 10.9 Å². The van der Waals surface area contributed by atoms with Crippen LogP contribution in [0.1, 0.15) is 27.9 Å². The van der Waals surface area contributed by atoms with Gasteiger partial charge in [-0.05, 0) is 48.2 Å². The molecule has 0 saturated heterocycles. The lowest BCUT2D eigenvalue weighted by atomic mass is 10.0. The molecule has 0 spiro atoms. The van der Waals surface area contributed by atoms with Crippen molar-refractivity contribution in [3.05, 3.63) is 80.3 Å². The molecule has 8 nitrogen and oxygen atoms in total. The number of H-pyrrole nitrogens is 1. The van der Waals surface area contributed by atoms with Crippen LogP contribution in [0.2, 0.25) is 5.02 Å². The lowest BCUT2D eigenvalue weighted by molar-refractivity contribution is 0.0949. The van der Waals surface area contributed by atoms with Gasteiger partial charge >= 0.3 is 7.82 Å². The molecule has 0 saturated carbocycles. The van der Waals surface area contributed by atoms with Gasteiger partial charge in [0.25, 0.3) is 5.91 Å². The Bertz CT molecular complexity index is 1210. The summed E-state index contributed by atoms with van der Waals surface area (Å²) in [7, 11) is -4.57. The normalized spacial score (nSPS) is 11.6. The molecule has 164 valence electrons. The van der Waals surface area contributed by atoms with E-state index in [1.807, 2.05) is 0 Å². The number of carbonyl (C=O) groups excluding carboxylic acids is 1. The van der Waals surface area contributed by atoms with Gasteiger partial charge in [-0.25, -0.2) is 8.96 Å². The van der Waals surface area contributed by atoms with Crippen LogP contribution in [0.15, 0.2) is 47.4 Å². The molecule has 2 aromatic carbocycles. The third-order valence-corrected chi connectivity index (χ3v) is 5.25. The minimum atomic E-state index is -4.57. The number of hydrogen-bond acceptors (Lipinski definition) is 4. The van der Waals surface area contributed by atoms with Gasteiger partial charge in [0.15, 0.2) is 0 Å². The summed E-state index contributed by atoms with van der Waals surface area (Å²) in [5, 5.41) is 3.21. The Morgan fingerprint density at radius 2 is 1.90 bits per heavy atom. The quantitative estimate of drug-likeness (QED) is 0.296. The van der Waals surface area contributed by atoms with Crippen molar-refractivity contribution in [1.82, 2.24) is 10.3 Å². The third kappa shape index (κ3) is 6.22. The first-order chi connectivity index (χ1) is 14.6. The van der Waals surface area contributed by atoms with Gasteiger partial charge in [0.1, 0.15) is 11.4 Å². The summed E-state index contributed by atoms with van der Waals surface area (Å²) in [6.07, 6.45) is 1.59. The molecule has 0 aliphatic carbocycles. The van der Waals surface area contributed by atoms with Crippen molar-refractivity contribution >= 4 is 36.2 Å². The van der Waals surface area contributed by atoms with Crippen molar-refractivity contribution in [2.24, 2.45) is 0 Å². The Kier molecular flexibility index (Phi) is 7.25. The number of aryl methyl sites for hydroxylation is 1. The SMILES string of the molecule is O=C(NCc1ccc(Cl)cc1)c1c[nH]c2c(F)cc(CCCOP(=O)(O)O)cc2c1=O.